The van der Waals surface area contributed by atoms with Crippen molar-refractivity contribution in [3.05, 3.63) is 36.0 Å². The van der Waals surface area contributed by atoms with Crippen LogP contribution < -0.4 is 15.8 Å². The highest BCUT2D eigenvalue weighted by molar-refractivity contribution is 5.91. The van der Waals surface area contributed by atoms with Gasteiger partial charge in [-0.1, -0.05) is 12.1 Å². The van der Waals surface area contributed by atoms with Crippen LogP contribution in [0, 0.1) is 0 Å². The summed E-state index contributed by atoms with van der Waals surface area (Å²) in [6.45, 7) is 2.10. The Morgan fingerprint density at radius 3 is 2.55 bits per heavy atom. The zero-order valence-electron chi connectivity index (χ0n) is 12.7. The topological polar surface area (TPSA) is 93.9 Å². The number of imide groups is 1. The van der Waals surface area contributed by atoms with E-state index in [9.17, 15) is 9.59 Å². The number of carbonyl (C=O) groups excluding carboxylic acids is 2. The zero-order chi connectivity index (χ0) is 16.4. The van der Waals surface area contributed by atoms with E-state index in [1.807, 2.05) is 12.1 Å². The first-order chi connectivity index (χ1) is 10.6. The quantitative estimate of drug-likeness (QED) is 0.835. The summed E-state index contributed by atoms with van der Waals surface area (Å²) in [5, 5.41) is 2.50. The van der Waals surface area contributed by atoms with Gasteiger partial charge in [0.25, 0.3) is 0 Å². The minimum Gasteiger partial charge on any atom is -0.497 e. The number of benzene rings is 1. The van der Waals surface area contributed by atoms with Crippen molar-refractivity contribution >= 4 is 18.2 Å². The predicted molar refractivity (Wildman–Crippen MR) is 83.3 cm³/mol. The third kappa shape index (κ3) is 5.45. The highest BCUT2D eigenvalue weighted by Crippen LogP contribution is 2.11. The molecule has 3 N–H and O–H groups in total. The van der Waals surface area contributed by atoms with Crippen LogP contribution in [0.2, 0.25) is 0 Å². The number of nitrogens with two attached hydrogens (primary N) is 1. The predicted octanol–water partition coefficient (Wildman–Crippen LogP) is 1.79. The molecule has 1 aromatic rings. The molecule has 0 radical (unpaired) electrons. The molecule has 3 amide bonds. The molecule has 0 saturated carbocycles. The van der Waals surface area contributed by atoms with E-state index >= 15 is 0 Å². The van der Waals surface area contributed by atoms with Gasteiger partial charge in [-0.25, -0.2) is 14.5 Å². The average Bonchev–Trinajstić information content (AvgIpc) is 2.53. The van der Waals surface area contributed by atoms with Crippen LogP contribution in [0.3, 0.4) is 0 Å². The Labute approximate surface area is 129 Å². The molecule has 0 aliphatic carbocycles. The van der Waals surface area contributed by atoms with E-state index in [0.29, 0.717) is 0 Å². The molecule has 0 aromatic heterocycles. The molecule has 0 aliphatic rings. The van der Waals surface area contributed by atoms with Crippen molar-refractivity contribution in [1.82, 2.24) is 10.2 Å². The normalized spacial score (nSPS) is 10.3. The van der Waals surface area contributed by atoms with Crippen LogP contribution in [0.25, 0.3) is 6.08 Å². The fourth-order valence-corrected chi connectivity index (χ4v) is 1.61. The first-order valence-corrected chi connectivity index (χ1v) is 6.87. The van der Waals surface area contributed by atoms with Crippen LogP contribution in [-0.2, 0) is 4.74 Å². The molecular weight excluding hydrogens is 286 g/mol. The molecule has 0 saturated heterocycles. The van der Waals surface area contributed by atoms with E-state index < -0.39 is 12.1 Å². The van der Waals surface area contributed by atoms with Crippen molar-refractivity contribution in [1.29, 1.82) is 0 Å². The zero-order valence-corrected chi connectivity index (χ0v) is 12.7. The maximum absolute atomic E-state index is 11.9. The first kappa shape index (κ1) is 17.5. The van der Waals surface area contributed by atoms with Crippen LogP contribution in [0.4, 0.5) is 9.59 Å². The molecule has 0 heterocycles. The molecule has 7 nitrogen and oxygen atoms in total. The van der Waals surface area contributed by atoms with Crippen molar-refractivity contribution in [3.63, 3.8) is 0 Å². The Balaban J connectivity index is 2.60. The number of amides is 3. The molecule has 1 aromatic carbocycles. The lowest BCUT2D eigenvalue weighted by molar-refractivity contribution is 0.116. The van der Waals surface area contributed by atoms with Crippen LogP contribution in [-0.4, -0.2) is 43.8 Å². The number of carbonyl (C=O) groups is 2. The van der Waals surface area contributed by atoms with Gasteiger partial charge in [-0.2, -0.15) is 0 Å². The van der Waals surface area contributed by atoms with Crippen molar-refractivity contribution in [2.24, 2.45) is 5.73 Å². The fraction of sp³-hybridized carbons (Fsp3) is 0.333. The highest BCUT2D eigenvalue weighted by Gasteiger charge is 2.20. The molecule has 0 aliphatic heterocycles. The van der Waals surface area contributed by atoms with E-state index in [1.54, 1.807) is 32.2 Å². The maximum atomic E-state index is 11.9. The van der Waals surface area contributed by atoms with Gasteiger partial charge in [0.2, 0.25) is 0 Å². The Bertz CT molecular complexity index is 514. The van der Waals surface area contributed by atoms with Crippen LogP contribution >= 0.6 is 0 Å². The van der Waals surface area contributed by atoms with Gasteiger partial charge in [0.1, 0.15) is 5.75 Å². The second-order valence-corrected chi connectivity index (χ2v) is 4.20. The van der Waals surface area contributed by atoms with Gasteiger partial charge in [-0.05, 0) is 30.7 Å². The van der Waals surface area contributed by atoms with Crippen LogP contribution in [0.5, 0.6) is 5.75 Å². The summed E-state index contributed by atoms with van der Waals surface area (Å²) >= 11 is 0. The van der Waals surface area contributed by atoms with E-state index in [0.717, 1.165) is 16.2 Å². The number of hydrogen-bond acceptors (Lipinski definition) is 5. The summed E-state index contributed by atoms with van der Waals surface area (Å²) in [6, 6.07) is 6.70. The standard InChI is InChI=1S/C15H21N3O4/c1-3-22-15(20)18(11-9-16)14(19)17-10-8-12-4-6-13(21-2)7-5-12/h4-8,10H,3,9,11,16H2,1-2H3,(H,17,19)/b10-8+. The van der Waals surface area contributed by atoms with Crippen molar-refractivity contribution in [2.75, 3.05) is 26.8 Å². The Morgan fingerprint density at radius 2 is 2.00 bits per heavy atom. The molecule has 0 atom stereocenters. The Kier molecular flexibility index (Phi) is 7.49. The molecule has 1 rings (SSSR count). The lowest BCUT2D eigenvalue weighted by atomic mass is 10.2. The Hall–Kier alpha value is -2.54. The molecule has 22 heavy (non-hydrogen) atoms. The van der Waals surface area contributed by atoms with Crippen molar-refractivity contribution < 1.29 is 19.1 Å². The van der Waals surface area contributed by atoms with Gasteiger partial charge in [0.05, 0.1) is 13.7 Å². The van der Waals surface area contributed by atoms with E-state index in [2.05, 4.69) is 5.32 Å². The number of methoxy groups -OCH3 is 1. The summed E-state index contributed by atoms with van der Waals surface area (Å²) < 4.78 is 9.86. The van der Waals surface area contributed by atoms with Gasteiger partial charge in [0, 0.05) is 19.3 Å². The summed E-state index contributed by atoms with van der Waals surface area (Å²) in [7, 11) is 1.59. The lowest BCUT2D eigenvalue weighted by Crippen LogP contribution is -2.44. The van der Waals surface area contributed by atoms with E-state index in [4.69, 9.17) is 15.2 Å². The van der Waals surface area contributed by atoms with Gasteiger partial charge >= 0.3 is 12.1 Å². The SMILES string of the molecule is CCOC(=O)N(CCN)C(=O)N/C=C/c1ccc(OC)cc1. The number of nitrogens with one attached hydrogen (secondary N) is 1. The summed E-state index contributed by atoms with van der Waals surface area (Å²) in [5.41, 5.74) is 6.27. The maximum Gasteiger partial charge on any atom is 0.418 e. The average molecular weight is 307 g/mol. The Morgan fingerprint density at radius 1 is 1.32 bits per heavy atom. The second kappa shape index (κ2) is 9.41. The molecule has 120 valence electrons. The lowest BCUT2D eigenvalue weighted by Gasteiger charge is -2.18. The fourth-order valence-electron chi connectivity index (χ4n) is 1.61. The largest absolute Gasteiger partial charge is 0.497 e. The summed E-state index contributed by atoms with van der Waals surface area (Å²) in [6.07, 6.45) is 2.43. The summed E-state index contributed by atoms with van der Waals surface area (Å²) in [5.74, 6) is 0.748. The van der Waals surface area contributed by atoms with Gasteiger partial charge in [0.15, 0.2) is 0 Å². The van der Waals surface area contributed by atoms with Gasteiger partial charge < -0.3 is 20.5 Å². The van der Waals surface area contributed by atoms with Gasteiger partial charge in [-0.3, -0.25) is 0 Å². The molecule has 0 unspecified atom stereocenters. The minimum absolute atomic E-state index is 0.0844. The molecular formula is C15H21N3O4. The molecule has 0 spiro atoms. The van der Waals surface area contributed by atoms with E-state index in [1.165, 1.54) is 6.20 Å². The highest BCUT2D eigenvalue weighted by atomic mass is 16.6. The monoisotopic (exact) mass is 307 g/mol. The number of nitrogens with zero attached hydrogens (tertiary/aromatic N) is 1. The van der Waals surface area contributed by atoms with E-state index in [-0.39, 0.29) is 19.7 Å². The van der Waals surface area contributed by atoms with Crippen LogP contribution in [0.15, 0.2) is 30.5 Å². The summed E-state index contributed by atoms with van der Waals surface area (Å²) in [4.78, 5) is 24.5. The molecule has 7 heteroatoms. The third-order valence-corrected chi connectivity index (χ3v) is 2.68. The number of urea groups is 1. The third-order valence-electron chi connectivity index (χ3n) is 2.68. The number of hydrogen-bond donors (Lipinski definition) is 2. The molecule has 0 fully saturated rings. The van der Waals surface area contributed by atoms with Crippen LogP contribution in [0.1, 0.15) is 12.5 Å². The number of ether oxygens (including phenoxy) is 2. The minimum atomic E-state index is -0.719. The molecule has 0 bridgehead atoms. The first-order valence-electron chi connectivity index (χ1n) is 6.87. The van der Waals surface area contributed by atoms with Crippen molar-refractivity contribution in [3.8, 4) is 5.75 Å². The number of rotatable bonds is 6. The van der Waals surface area contributed by atoms with Gasteiger partial charge in [-0.15, -0.1) is 0 Å². The second-order valence-electron chi connectivity index (χ2n) is 4.20. The van der Waals surface area contributed by atoms with Crippen molar-refractivity contribution in [2.45, 2.75) is 6.92 Å². The smallest absolute Gasteiger partial charge is 0.418 e.